The normalized spacial score (nSPS) is 24.6. The van der Waals surface area contributed by atoms with E-state index in [0.717, 1.165) is 5.56 Å². The molecule has 3 aromatic rings. The number of allylic oxidation sites excluding steroid dienone is 1. The number of rotatable bonds is 2. The number of ether oxygens (including phenoxy) is 3. The van der Waals surface area contributed by atoms with Gasteiger partial charge in [-0.2, -0.15) is 0 Å². The molecule has 144 valence electrons. The van der Waals surface area contributed by atoms with Crippen LogP contribution in [0.15, 0.2) is 78.9 Å². The lowest BCUT2D eigenvalue weighted by Gasteiger charge is -2.49. The Morgan fingerprint density at radius 2 is 1.55 bits per heavy atom. The molecule has 0 radical (unpaired) electrons. The number of hydrogen-bond donors (Lipinski definition) is 1. The highest BCUT2D eigenvalue weighted by molar-refractivity contribution is 6.06. The van der Waals surface area contributed by atoms with E-state index < -0.39 is 17.4 Å². The average Bonchev–Trinajstić information content (AvgIpc) is 2.74. The summed E-state index contributed by atoms with van der Waals surface area (Å²) in [6, 6.07) is 20.9. The number of benzene rings is 3. The molecule has 2 unspecified atom stereocenters. The van der Waals surface area contributed by atoms with Crippen LogP contribution in [0.1, 0.15) is 28.4 Å². The SMILES string of the molecule is C/C=C/c1ccc2c(c1)OC1(c3ccccc3)Oc3ccccc3C(=O)C1(O)O2. The van der Waals surface area contributed by atoms with Crippen molar-refractivity contribution in [3.8, 4) is 17.2 Å². The zero-order chi connectivity index (χ0) is 20.1. The molecule has 0 aliphatic carbocycles. The van der Waals surface area contributed by atoms with Crippen LogP contribution in [0.2, 0.25) is 0 Å². The van der Waals surface area contributed by atoms with Gasteiger partial charge in [-0.1, -0.05) is 60.7 Å². The van der Waals surface area contributed by atoms with Gasteiger partial charge in [-0.3, -0.25) is 4.79 Å². The van der Waals surface area contributed by atoms with Crippen molar-refractivity contribution < 1.29 is 24.1 Å². The maximum absolute atomic E-state index is 13.4. The van der Waals surface area contributed by atoms with Gasteiger partial charge in [0.05, 0.1) is 5.56 Å². The van der Waals surface area contributed by atoms with E-state index in [2.05, 4.69) is 0 Å². The molecule has 0 saturated heterocycles. The summed E-state index contributed by atoms with van der Waals surface area (Å²) in [5.74, 6) is -3.93. The first-order valence-corrected chi connectivity index (χ1v) is 9.33. The van der Waals surface area contributed by atoms with E-state index >= 15 is 0 Å². The van der Waals surface area contributed by atoms with Gasteiger partial charge in [0.2, 0.25) is 5.78 Å². The van der Waals surface area contributed by atoms with Gasteiger partial charge in [-0.25, -0.2) is 0 Å². The highest BCUT2D eigenvalue weighted by atomic mass is 16.8. The van der Waals surface area contributed by atoms with Gasteiger partial charge in [0.1, 0.15) is 5.75 Å². The third kappa shape index (κ3) is 2.41. The van der Waals surface area contributed by atoms with Crippen LogP contribution >= 0.6 is 0 Å². The number of ketones is 1. The third-order valence-electron chi connectivity index (χ3n) is 5.13. The molecule has 0 fully saturated rings. The Kier molecular flexibility index (Phi) is 3.76. The predicted octanol–water partition coefficient (Wildman–Crippen LogP) is 4.31. The molecule has 2 aliphatic rings. The van der Waals surface area contributed by atoms with Crippen molar-refractivity contribution in [2.45, 2.75) is 18.5 Å². The Labute approximate surface area is 167 Å². The summed E-state index contributed by atoms with van der Waals surface area (Å²) < 4.78 is 18.4. The minimum absolute atomic E-state index is 0.235. The van der Waals surface area contributed by atoms with Gasteiger partial charge in [0.15, 0.2) is 11.5 Å². The molecule has 2 heterocycles. The van der Waals surface area contributed by atoms with E-state index in [-0.39, 0.29) is 11.3 Å². The quantitative estimate of drug-likeness (QED) is 0.711. The molecule has 2 aliphatic heterocycles. The van der Waals surface area contributed by atoms with Gasteiger partial charge in [-0.05, 0) is 36.8 Å². The van der Waals surface area contributed by atoms with E-state index in [9.17, 15) is 9.90 Å². The number of carbonyl (C=O) groups is 1. The molecule has 2 atom stereocenters. The zero-order valence-electron chi connectivity index (χ0n) is 15.7. The van der Waals surface area contributed by atoms with Crippen LogP contribution in [0.4, 0.5) is 0 Å². The van der Waals surface area contributed by atoms with E-state index in [1.54, 1.807) is 60.7 Å². The highest BCUT2D eigenvalue weighted by Crippen LogP contribution is 2.53. The standard InChI is InChI=1S/C24H18O5/c1-2-8-16-13-14-20-21(15-16)29-24(17-9-4-3-5-10-17)23(26,27-20)22(25)18-11-6-7-12-19(18)28-24/h2-15,26H,1H3/b8-2+. The molecule has 0 amide bonds. The molecule has 0 saturated carbocycles. The predicted molar refractivity (Wildman–Crippen MR) is 107 cm³/mol. The molecule has 5 nitrogen and oxygen atoms in total. The van der Waals surface area contributed by atoms with Crippen molar-refractivity contribution in [1.29, 1.82) is 0 Å². The Balaban J connectivity index is 1.76. The van der Waals surface area contributed by atoms with Crippen molar-refractivity contribution in [3.05, 3.63) is 95.6 Å². The molecule has 29 heavy (non-hydrogen) atoms. The van der Waals surface area contributed by atoms with E-state index in [1.807, 2.05) is 31.2 Å². The molecule has 3 aromatic carbocycles. The highest BCUT2D eigenvalue weighted by Gasteiger charge is 2.70. The number of aliphatic hydroxyl groups is 1. The van der Waals surface area contributed by atoms with Crippen molar-refractivity contribution in [2.24, 2.45) is 0 Å². The van der Waals surface area contributed by atoms with Crippen LogP contribution in [-0.4, -0.2) is 16.7 Å². The van der Waals surface area contributed by atoms with Crippen LogP contribution in [0, 0.1) is 0 Å². The second-order valence-electron chi connectivity index (χ2n) is 6.96. The summed E-state index contributed by atoms with van der Waals surface area (Å²) in [7, 11) is 0. The molecule has 0 bridgehead atoms. The topological polar surface area (TPSA) is 65.0 Å². The van der Waals surface area contributed by atoms with Gasteiger partial charge in [0.25, 0.3) is 0 Å². The third-order valence-corrected chi connectivity index (χ3v) is 5.13. The van der Waals surface area contributed by atoms with Crippen molar-refractivity contribution in [3.63, 3.8) is 0 Å². The largest absolute Gasteiger partial charge is 0.444 e. The van der Waals surface area contributed by atoms with Crippen LogP contribution in [0.5, 0.6) is 17.2 Å². The number of Topliss-reactive ketones (excluding diaryl/α,β-unsaturated/α-hetero) is 1. The summed E-state index contributed by atoms with van der Waals surface area (Å²) in [4.78, 5) is 13.4. The minimum Gasteiger partial charge on any atom is -0.444 e. The molecule has 0 spiro atoms. The lowest BCUT2D eigenvalue weighted by molar-refractivity contribution is -0.316. The van der Waals surface area contributed by atoms with Crippen molar-refractivity contribution >= 4 is 11.9 Å². The molecule has 5 heteroatoms. The zero-order valence-corrected chi connectivity index (χ0v) is 15.7. The van der Waals surface area contributed by atoms with E-state index in [4.69, 9.17) is 14.2 Å². The lowest BCUT2D eigenvalue weighted by Crippen LogP contribution is -2.70. The van der Waals surface area contributed by atoms with Crippen LogP contribution in [0.3, 0.4) is 0 Å². The first-order valence-electron chi connectivity index (χ1n) is 9.33. The first kappa shape index (κ1) is 17.5. The fourth-order valence-corrected chi connectivity index (χ4v) is 3.77. The first-order chi connectivity index (χ1) is 14.1. The summed E-state index contributed by atoms with van der Waals surface area (Å²) in [6.07, 6.45) is 3.83. The molecule has 5 rings (SSSR count). The smallest absolute Gasteiger partial charge is 0.357 e. The van der Waals surface area contributed by atoms with E-state index in [0.29, 0.717) is 17.1 Å². The summed E-state index contributed by atoms with van der Waals surface area (Å²) in [5.41, 5.74) is 1.60. The molecular formula is C24H18O5. The van der Waals surface area contributed by atoms with Crippen LogP contribution in [-0.2, 0) is 5.79 Å². The second-order valence-corrected chi connectivity index (χ2v) is 6.96. The van der Waals surface area contributed by atoms with Crippen molar-refractivity contribution in [2.75, 3.05) is 0 Å². The monoisotopic (exact) mass is 386 g/mol. The molecule has 1 N–H and O–H groups in total. The minimum atomic E-state index is -2.39. The maximum Gasteiger partial charge on any atom is 0.357 e. The summed E-state index contributed by atoms with van der Waals surface area (Å²) in [6.45, 7) is 1.92. The number of hydrogen-bond acceptors (Lipinski definition) is 5. The Morgan fingerprint density at radius 3 is 2.34 bits per heavy atom. The lowest BCUT2D eigenvalue weighted by atomic mass is 9.85. The average molecular weight is 386 g/mol. The number of para-hydroxylation sites is 1. The maximum atomic E-state index is 13.4. The van der Waals surface area contributed by atoms with Gasteiger partial charge >= 0.3 is 11.6 Å². The van der Waals surface area contributed by atoms with Gasteiger partial charge in [-0.15, -0.1) is 0 Å². The van der Waals surface area contributed by atoms with Gasteiger partial charge < -0.3 is 19.3 Å². The number of carbonyl (C=O) groups excluding carboxylic acids is 1. The number of fused-ring (bicyclic) bond motifs is 3. The Bertz CT molecular complexity index is 1140. The van der Waals surface area contributed by atoms with Gasteiger partial charge in [0, 0.05) is 5.56 Å². The Morgan fingerprint density at radius 1 is 0.828 bits per heavy atom. The van der Waals surface area contributed by atoms with Crippen LogP contribution in [0.25, 0.3) is 6.08 Å². The van der Waals surface area contributed by atoms with E-state index in [1.165, 1.54) is 0 Å². The van der Waals surface area contributed by atoms with Crippen molar-refractivity contribution in [1.82, 2.24) is 0 Å². The fraction of sp³-hybridized carbons (Fsp3) is 0.125. The fourth-order valence-electron chi connectivity index (χ4n) is 3.77. The molecule has 0 aromatic heterocycles. The Hall–Kier alpha value is -3.57. The second kappa shape index (κ2) is 6.22. The summed E-state index contributed by atoms with van der Waals surface area (Å²) >= 11 is 0. The molecular weight excluding hydrogens is 368 g/mol. The van der Waals surface area contributed by atoms with Crippen LogP contribution < -0.4 is 14.2 Å². The summed E-state index contributed by atoms with van der Waals surface area (Å²) in [5, 5.41) is 11.6.